The molecular weight excluding hydrogens is 200 g/mol. The van der Waals surface area contributed by atoms with E-state index in [9.17, 15) is 5.11 Å². The Balaban J connectivity index is 1.95. The van der Waals surface area contributed by atoms with E-state index in [1.54, 1.807) is 0 Å². The molecule has 0 aromatic carbocycles. The van der Waals surface area contributed by atoms with E-state index in [0.717, 1.165) is 26.1 Å². The molecule has 1 aliphatic heterocycles. The minimum atomic E-state index is 0.374. The molecule has 2 rings (SSSR count). The molecule has 94 valence electrons. The van der Waals surface area contributed by atoms with Crippen LogP contribution in [0.25, 0.3) is 0 Å². The quantitative estimate of drug-likeness (QED) is 0.757. The van der Waals surface area contributed by atoms with E-state index in [1.807, 2.05) is 0 Å². The fourth-order valence-electron chi connectivity index (χ4n) is 3.70. The number of hydrogen-bond donors (Lipinski definition) is 2. The van der Waals surface area contributed by atoms with Crippen LogP contribution in [0.2, 0.25) is 0 Å². The van der Waals surface area contributed by atoms with Crippen molar-refractivity contribution < 1.29 is 5.11 Å². The van der Waals surface area contributed by atoms with Crippen molar-refractivity contribution >= 4 is 0 Å². The molecule has 0 amide bonds. The van der Waals surface area contributed by atoms with Gasteiger partial charge in [0, 0.05) is 25.6 Å². The van der Waals surface area contributed by atoms with Crippen molar-refractivity contribution in [1.82, 2.24) is 4.90 Å². The van der Waals surface area contributed by atoms with Gasteiger partial charge in [-0.1, -0.05) is 19.3 Å². The number of nitrogens with zero attached hydrogens (tertiary/aromatic N) is 1. The lowest BCUT2D eigenvalue weighted by atomic mass is 9.68. The van der Waals surface area contributed by atoms with Crippen molar-refractivity contribution in [1.29, 1.82) is 0 Å². The molecule has 1 saturated carbocycles. The van der Waals surface area contributed by atoms with Crippen LogP contribution in [0.1, 0.15) is 38.5 Å². The molecule has 1 aliphatic carbocycles. The smallest absolute Gasteiger partial charge is 0.0477 e. The third kappa shape index (κ3) is 2.41. The average Bonchev–Trinajstić information content (AvgIpc) is 2.65. The SMILES string of the molecule is NCCCN1C[C@H](CO)C2(CCCCC2)C1. The Kier molecular flexibility index (Phi) is 4.22. The molecule has 2 aliphatic rings. The van der Waals surface area contributed by atoms with Gasteiger partial charge >= 0.3 is 0 Å². The summed E-state index contributed by atoms with van der Waals surface area (Å²) in [5.74, 6) is 0.519. The van der Waals surface area contributed by atoms with E-state index in [0.29, 0.717) is 17.9 Å². The van der Waals surface area contributed by atoms with Crippen LogP contribution in [0.5, 0.6) is 0 Å². The van der Waals surface area contributed by atoms with Gasteiger partial charge in [0.15, 0.2) is 0 Å². The zero-order chi connectivity index (χ0) is 11.4. The first-order chi connectivity index (χ1) is 7.80. The van der Waals surface area contributed by atoms with E-state index >= 15 is 0 Å². The third-order valence-corrected chi connectivity index (χ3v) is 4.63. The fourth-order valence-corrected chi connectivity index (χ4v) is 3.70. The number of nitrogens with two attached hydrogens (primary N) is 1. The molecule has 1 saturated heterocycles. The fraction of sp³-hybridized carbons (Fsp3) is 1.00. The topological polar surface area (TPSA) is 49.5 Å². The summed E-state index contributed by atoms with van der Waals surface area (Å²) in [4.78, 5) is 2.53. The first-order valence-corrected chi connectivity index (χ1v) is 6.84. The van der Waals surface area contributed by atoms with Crippen LogP contribution in [0, 0.1) is 11.3 Å². The number of hydrogen-bond acceptors (Lipinski definition) is 3. The number of likely N-dealkylation sites (tertiary alicyclic amines) is 1. The number of aliphatic hydroxyl groups is 1. The molecule has 2 fully saturated rings. The maximum absolute atomic E-state index is 9.58. The second-order valence-corrected chi connectivity index (χ2v) is 5.68. The molecule has 0 bridgehead atoms. The summed E-state index contributed by atoms with van der Waals surface area (Å²) in [5, 5.41) is 9.58. The van der Waals surface area contributed by atoms with Crippen LogP contribution in [-0.2, 0) is 0 Å². The van der Waals surface area contributed by atoms with Crippen LogP contribution in [0.15, 0.2) is 0 Å². The molecule has 0 aromatic rings. The molecule has 0 unspecified atom stereocenters. The lowest BCUT2D eigenvalue weighted by Crippen LogP contribution is -2.34. The Morgan fingerprint density at radius 3 is 2.62 bits per heavy atom. The van der Waals surface area contributed by atoms with Crippen LogP contribution >= 0.6 is 0 Å². The normalized spacial score (nSPS) is 30.0. The predicted octanol–water partition coefficient (Wildman–Crippen LogP) is 1.21. The molecule has 3 nitrogen and oxygen atoms in total. The van der Waals surface area contributed by atoms with Crippen LogP contribution in [-0.4, -0.2) is 42.8 Å². The van der Waals surface area contributed by atoms with Crippen molar-refractivity contribution in [3.05, 3.63) is 0 Å². The van der Waals surface area contributed by atoms with Crippen molar-refractivity contribution in [2.75, 3.05) is 32.8 Å². The van der Waals surface area contributed by atoms with Crippen molar-refractivity contribution in [3.8, 4) is 0 Å². The second-order valence-electron chi connectivity index (χ2n) is 5.68. The van der Waals surface area contributed by atoms with Crippen LogP contribution < -0.4 is 5.73 Å². The first-order valence-electron chi connectivity index (χ1n) is 6.84. The third-order valence-electron chi connectivity index (χ3n) is 4.63. The van der Waals surface area contributed by atoms with Gasteiger partial charge < -0.3 is 15.7 Å². The molecule has 3 N–H and O–H groups in total. The maximum atomic E-state index is 9.58. The van der Waals surface area contributed by atoms with E-state index in [-0.39, 0.29) is 0 Å². The van der Waals surface area contributed by atoms with Crippen LogP contribution in [0.4, 0.5) is 0 Å². The predicted molar refractivity (Wildman–Crippen MR) is 66.2 cm³/mol. The lowest BCUT2D eigenvalue weighted by molar-refractivity contribution is 0.0916. The van der Waals surface area contributed by atoms with Gasteiger partial charge in [-0.05, 0) is 37.8 Å². The van der Waals surface area contributed by atoms with E-state index in [1.165, 1.54) is 38.6 Å². The molecular formula is C13H26N2O. The van der Waals surface area contributed by atoms with Gasteiger partial charge in [0.05, 0.1) is 0 Å². The molecule has 1 atom stereocenters. The maximum Gasteiger partial charge on any atom is 0.0477 e. The Bertz CT molecular complexity index is 214. The van der Waals surface area contributed by atoms with Gasteiger partial charge in [0.2, 0.25) is 0 Å². The van der Waals surface area contributed by atoms with E-state index < -0.39 is 0 Å². The van der Waals surface area contributed by atoms with Gasteiger partial charge in [-0.3, -0.25) is 0 Å². The Labute approximate surface area is 99.0 Å². The number of aliphatic hydroxyl groups excluding tert-OH is 1. The summed E-state index contributed by atoms with van der Waals surface area (Å²) in [5.41, 5.74) is 6.01. The highest BCUT2D eigenvalue weighted by Crippen LogP contribution is 2.47. The van der Waals surface area contributed by atoms with Gasteiger partial charge in [0.25, 0.3) is 0 Å². The molecule has 3 heteroatoms. The molecule has 16 heavy (non-hydrogen) atoms. The summed E-state index contributed by atoms with van der Waals surface area (Å²) in [6.07, 6.45) is 7.87. The van der Waals surface area contributed by atoms with E-state index in [2.05, 4.69) is 4.90 Å². The highest BCUT2D eigenvalue weighted by molar-refractivity contribution is 4.97. The minimum absolute atomic E-state index is 0.374. The summed E-state index contributed by atoms with van der Waals surface area (Å²) in [6.45, 7) is 4.58. The van der Waals surface area contributed by atoms with Gasteiger partial charge in [-0.2, -0.15) is 0 Å². The molecule has 1 spiro atoms. The Hall–Kier alpha value is -0.120. The standard InChI is InChI=1S/C13H26N2O/c14-7-4-8-15-9-12(10-16)13(11-15)5-2-1-3-6-13/h12,16H,1-11,14H2/t12-/m1/s1. The Morgan fingerprint density at radius 1 is 1.25 bits per heavy atom. The van der Waals surface area contributed by atoms with E-state index in [4.69, 9.17) is 5.73 Å². The largest absolute Gasteiger partial charge is 0.396 e. The second kappa shape index (κ2) is 5.48. The first kappa shape index (κ1) is 12.3. The van der Waals surface area contributed by atoms with Gasteiger partial charge in [0.1, 0.15) is 0 Å². The highest BCUT2D eigenvalue weighted by Gasteiger charge is 2.45. The zero-order valence-corrected chi connectivity index (χ0v) is 10.3. The molecule has 0 radical (unpaired) electrons. The minimum Gasteiger partial charge on any atom is -0.396 e. The zero-order valence-electron chi connectivity index (χ0n) is 10.3. The Morgan fingerprint density at radius 2 is 2.00 bits per heavy atom. The lowest BCUT2D eigenvalue weighted by Gasteiger charge is -2.37. The molecule has 1 heterocycles. The number of rotatable bonds is 4. The summed E-state index contributed by atoms with van der Waals surface area (Å²) in [6, 6.07) is 0. The van der Waals surface area contributed by atoms with Crippen molar-refractivity contribution in [3.63, 3.8) is 0 Å². The van der Waals surface area contributed by atoms with Crippen LogP contribution in [0.3, 0.4) is 0 Å². The summed E-state index contributed by atoms with van der Waals surface area (Å²) in [7, 11) is 0. The van der Waals surface area contributed by atoms with Crippen molar-refractivity contribution in [2.45, 2.75) is 38.5 Å². The summed E-state index contributed by atoms with van der Waals surface area (Å²) < 4.78 is 0. The van der Waals surface area contributed by atoms with Crippen molar-refractivity contribution in [2.24, 2.45) is 17.1 Å². The van der Waals surface area contributed by atoms with Gasteiger partial charge in [-0.25, -0.2) is 0 Å². The summed E-state index contributed by atoms with van der Waals surface area (Å²) >= 11 is 0. The van der Waals surface area contributed by atoms with Gasteiger partial charge in [-0.15, -0.1) is 0 Å². The monoisotopic (exact) mass is 226 g/mol. The average molecular weight is 226 g/mol. The molecule has 0 aromatic heterocycles. The highest BCUT2D eigenvalue weighted by atomic mass is 16.3.